The van der Waals surface area contributed by atoms with E-state index in [2.05, 4.69) is 25.7 Å². The maximum atomic E-state index is 13.1. The minimum atomic E-state index is -0.774. The molecule has 1 heterocycles. The lowest BCUT2D eigenvalue weighted by molar-refractivity contribution is -0.164. The monoisotopic (exact) mass is 890 g/mol. The molecule has 1 rings (SSSR count). The highest BCUT2D eigenvalue weighted by Gasteiger charge is 2.39. The van der Waals surface area contributed by atoms with E-state index in [0.29, 0.717) is 25.8 Å². The van der Waals surface area contributed by atoms with E-state index in [9.17, 15) is 14.4 Å². The van der Waals surface area contributed by atoms with Crippen LogP contribution in [0, 0.1) is 5.41 Å². The van der Waals surface area contributed by atoms with E-state index < -0.39 is 5.41 Å². The third-order valence-electron chi connectivity index (χ3n) is 13.6. The highest BCUT2D eigenvalue weighted by atomic mass is 16.6. The van der Waals surface area contributed by atoms with Crippen molar-refractivity contribution in [2.24, 2.45) is 5.41 Å². The highest BCUT2D eigenvalue weighted by Crippen LogP contribution is 2.26. The Labute approximate surface area is 391 Å². The SMILES string of the molecule is CCCCCCCCCCCCCCCC(=O)OCC(COC(=O)CCCCCCCCCCCCCCC)(COC(=O)CCCCCCCCCCCCCCC)CN1CCC1. The van der Waals surface area contributed by atoms with Crippen LogP contribution in [-0.2, 0) is 28.6 Å². The van der Waals surface area contributed by atoms with Crippen molar-refractivity contribution in [2.45, 2.75) is 297 Å². The van der Waals surface area contributed by atoms with Crippen molar-refractivity contribution < 1.29 is 28.6 Å². The largest absolute Gasteiger partial charge is 0.465 e. The summed E-state index contributed by atoms with van der Waals surface area (Å²) >= 11 is 0. The van der Waals surface area contributed by atoms with Crippen molar-refractivity contribution in [1.82, 2.24) is 4.90 Å². The third-order valence-corrected chi connectivity index (χ3v) is 13.6. The number of ether oxygens (including phenoxy) is 3. The number of rotatable bonds is 50. The average molecular weight is 890 g/mol. The molecule has 0 aliphatic carbocycles. The third kappa shape index (κ3) is 39.3. The summed E-state index contributed by atoms with van der Waals surface area (Å²) in [5.41, 5.74) is -0.774. The van der Waals surface area contributed by atoms with Crippen LogP contribution >= 0.6 is 0 Å². The van der Waals surface area contributed by atoms with Gasteiger partial charge in [0.2, 0.25) is 0 Å². The van der Waals surface area contributed by atoms with Crippen molar-refractivity contribution in [1.29, 1.82) is 0 Å². The van der Waals surface area contributed by atoms with Crippen LogP contribution < -0.4 is 0 Å². The Morgan fingerprint density at radius 3 is 0.730 bits per heavy atom. The first-order valence-electron chi connectivity index (χ1n) is 28.1. The van der Waals surface area contributed by atoms with Gasteiger partial charge in [-0.25, -0.2) is 0 Å². The minimum Gasteiger partial charge on any atom is -0.465 e. The molecular formula is C56H107NO6. The number of carbonyl (C=O) groups excluding carboxylic acids is 3. The predicted octanol–water partition coefficient (Wildman–Crippen LogP) is 16.8. The maximum Gasteiger partial charge on any atom is 0.305 e. The molecule has 0 saturated carbocycles. The lowest BCUT2D eigenvalue weighted by Crippen LogP contribution is -2.52. The van der Waals surface area contributed by atoms with Gasteiger partial charge in [0.05, 0.1) is 5.41 Å². The summed E-state index contributed by atoms with van der Waals surface area (Å²) in [7, 11) is 0. The zero-order valence-corrected chi connectivity index (χ0v) is 42.5. The second-order valence-corrected chi connectivity index (χ2v) is 20.1. The fourth-order valence-corrected chi connectivity index (χ4v) is 9.05. The molecule has 7 heteroatoms. The number of nitrogens with zero attached hydrogens (tertiary/aromatic N) is 1. The number of carbonyl (C=O) groups is 3. The molecule has 0 aromatic heterocycles. The second-order valence-electron chi connectivity index (χ2n) is 20.1. The molecule has 1 saturated heterocycles. The van der Waals surface area contributed by atoms with Gasteiger partial charge in [-0.2, -0.15) is 0 Å². The molecule has 372 valence electrons. The van der Waals surface area contributed by atoms with Gasteiger partial charge in [-0.15, -0.1) is 0 Å². The number of unbranched alkanes of at least 4 members (excludes halogenated alkanes) is 36. The first kappa shape index (κ1) is 59.4. The topological polar surface area (TPSA) is 82.1 Å². The Bertz CT molecular complexity index is 902. The van der Waals surface area contributed by atoms with Gasteiger partial charge in [0, 0.05) is 25.8 Å². The van der Waals surface area contributed by atoms with Crippen molar-refractivity contribution in [3.8, 4) is 0 Å². The Morgan fingerprint density at radius 2 is 0.540 bits per heavy atom. The number of hydrogen-bond acceptors (Lipinski definition) is 7. The Morgan fingerprint density at radius 1 is 0.333 bits per heavy atom. The minimum absolute atomic E-state index is 0.0960. The van der Waals surface area contributed by atoms with Crippen molar-refractivity contribution >= 4 is 17.9 Å². The summed E-state index contributed by atoms with van der Waals surface area (Å²) in [4.78, 5) is 41.6. The average Bonchev–Trinajstić information content (AvgIpc) is 3.27. The maximum absolute atomic E-state index is 13.1. The quantitative estimate of drug-likeness (QED) is 0.0342. The molecule has 0 N–H and O–H groups in total. The molecule has 0 radical (unpaired) electrons. The van der Waals surface area contributed by atoms with Gasteiger partial charge in [-0.05, 0) is 38.8 Å². The molecule has 0 spiro atoms. The molecule has 0 bridgehead atoms. The fourth-order valence-electron chi connectivity index (χ4n) is 9.05. The molecule has 0 amide bonds. The van der Waals surface area contributed by atoms with Crippen LogP contribution in [-0.4, -0.2) is 62.3 Å². The first-order valence-corrected chi connectivity index (χ1v) is 28.1. The fraction of sp³-hybridized carbons (Fsp3) is 0.946. The summed E-state index contributed by atoms with van der Waals surface area (Å²) in [5.74, 6) is -0.618. The molecule has 0 unspecified atom stereocenters. The molecule has 1 aliphatic heterocycles. The summed E-state index contributed by atoms with van der Waals surface area (Å²) < 4.78 is 17.9. The molecule has 1 fully saturated rings. The van der Waals surface area contributed by atoms with Gasteiger partial charge in [-0.3, -0.25) is 14.4 Å². The van der Waals surface area contributed by atoms with Crippen LogP contribution in [0.25, 0.3) is 0 Å². The van der Waals surface area contributed by atoms with E-state index in [4.69, 9.17) is 14.2 Å². The first-order chi connectivity index (χ1) is 30.9. The van der Waals surface area contributed by atoms with Crippen LogP contribution in [0.4, 0.5) is 0 Å². The molecule has 0 atom stereocenters. The summed E-state index contributed by atoms with van der Waals surface area (Å²) in [5, 5.41) is 0. The van der Waals surface area contributed by atoms with Gasteiger partial charge < -0.3 is 19.1 Å². The summed E-state index contributed by atoms with van der Waals surface area (Å²) in [6.45, 7) is 9.59. The van der Waals surface area contributed by atoms with Crippen LogP contribution in [0.15, 0.2) is 0 Å². The van der Waals surface area contributed by atoms with Crippen molar-refractivity contribution in [3.05, 3.63) is 0 Å². The van der Waals surface area contributed by atoms with Crippen LogP contribution in [0.1, 0.15) is 297 Å². The van der Waals surface area contributed by atoms with Crippen molar-refractivity contribution in [2.75, 3.05) is 39.5 Å². The zero-order chi connectivity index (χ0) is 45.6. The van der Waals surface area contributed by atoms with Gasteiger partial charge in [0.1, 0.15) is 19.8 Å². The molecule has 7 nitrogen and oxygen atoms in total. The predicted molar refractivity (Wildman–Crippen MR) is 267 cm³/mol. The van der Waals surface area contributed by atoms with E-state index in [-0.39, 0.29) is 37.7 Å². The summed E-state index contributed by atoms with van der Waals surface area (Å²) in [6.07, 6.45) is 51.6. The smallest absolute Gasteiger partial charge is 0.305 e. The standard InChI is InChI=1S/C56H107NO6/c1-4-7-10-13-16-19-22-25-28-31-34-37-40-44-53(58)61-50-56(49-57-47-43-48-57,51-62-54(59)45-41-38-35-32-29-26-23-20-17-14-11-8-5-2)52-63-55(60)46-42-39-36-33-30-27-24-21-18-15-12-9-6-3/h4-52H2,1-3H3. The van der Waals surface area contributed by atoms with Crippen molar-refractivity contribution in [3.63, 3.8) is 0 Å². The van der Waals surface area contributed by atoms with Gasteiger partial charge in [0.15, 0.2) is 0 Å². The van der Waals surface area contributed by atoms with E-state index in [0.717, 1.165) is 77.3 Å². The number of likely N-dealkylation sites (tertiary alicyclic amines) is 1. The van der Waals surface area contributed by atoms with Gasteiger partial charge in [-0.1, -0.05) is 252 Å². The molecule has 0 aromatic carbocycles. The normalized spacial score (nSPS) is 13.0. The number of hydrogen-bond donors (Lipinski definition) is 0. The van der Waals surface area contributed by atoms with Crippen LogP contribution in [0.2, 0.25) is 0 Å². The van der Waals surface area contributed by atoms with E-state index >= 15 is 0 Å². The molecule has 1 aliphatic rings. The Hall–Kier alpha value is -1.63. The summed E-state index contributed by atoms with van der Waals surface area (Å²) in [6, 6.07) is 0. The van der Waals surface area contributed by atoms with Crippen LogP contribution in [0.5, 0.6) is 0 Å². The highest BCUT2D eigenvalue weighted by molar-refractivity contribution is 5.70. The Kier molecular flexibility index (Phi) is 42.9. The molecule has 0 aromatic rings. The van der Waals surface area contributed by atoms with Gasteiger partial charge in [0.25, 0.3) is 0 Å². The second kappa shape index (κ2) is 45.5. The lowest BCUT2D eigenvalue weighted by Gasteiger charge is -2.40. The number of esters is 3. The Balaban J connectivity index is 2.53. The van der Waals surface area contributed by atoms with E-state index in [1.165, 1.54) is 193 Å². The van der Waals surface area contributed by atoms with E-state index in [1.807, 2.05) is 0 Å². The zero-order valence-electron chi connectivity index (χ0n) is 42.5. The van der Waals surface area contributed by atoms with Crippen LogP contribution in [0.3, 0.4) is 0 Å². The van der Waals surface area contributed by atoms with E-state index in [1.54, 1.807) is 0 Å². The lowest BCUT2D eigenvalue weighted by atomic mass is 9.89. The molecular weight excluding hydrogens is 783 g/mol. The molecule has 63 heavy (non-hydrogen) atoms. The van der Waals surface area contributed by atoms with Gasteiger partial charge >= 0.3 is 17.9 Å².